The van der Waals surface area contributed by atoms with Gasteiger partial charge >= 0.3 is 0 Å². The Morgan fingerprint density at radius 3 is 2.90 bits per heavy atom. The number of rotatable bonds is 3. The number of fused-ring (bicyclic) bond motifs is 1. The summed E-state index contributed by atoms with van der Waals surface area (Å²) in [5, 5.41) is 4.94. The van der Waals surface area contributed by atoms with Crippen LogP contribution in [0.2, 0.25) is 0 Å². The van der Waals surface area contributed by atoms with E-state index in [-0.39, 0.29) is 0 Å². The van der Waals surface area contributed by atoms with Crippen LogP contribution >= 0.6 is 11.3 Å². The van der Waals surface area contributed by atoms with Crippen molar-refractivity contribution in [2.75, 3.05) is 13.1 Å². The highest BCUT2D eigenvalue weighted by molar-refractivity contribution is 7.11. The number of thiazole rings is 1. The summed E-state index contributed by atoms with van der Waals surface area (Å²) in [6, 6.07) is 0. The van der Waals surface area contributed by atoms with Crippen LogP contribution in [-0.2, 0) is 12.8 Å². The fourth-order valence-corrected chi connectivity index (χ4v) is 4.91. The van der Waals surface area contributed by atoms with E-state index in [1.54, 1.807) is 4.88 Å². The number of piperidine rings is 1. The average molecular weight is 292 g/mol. The van der Waals surface area contributed by atoms with E-state index in [2.05, 4.69) is 26.1 Å². The quantitative estimate of drug-likeness (QED) is 0.905. The number of hydrogen-bond donors (Lipinski definition) is 1. The minimum absolute atomic E-state index is 0.480. The predicted molar refractivity (Wildman–Crippen MR) is 86.5 cm³/mol. The second-order valence-electron chi connectivity index (χ2n) is 7.25. The Hall–Kier alpha value is -0.410. The van der Waals surface area contributed by atoms with Crippen LogP contribution in [0, 0.1) is 11.3 Å². The molecule has 0 radical (unpaired) electrons. The van der Waals surface area contributed by atoms with Crippen molar-refractivity contribution in [1.82, 2.24) is 10.3 Å². The molecule has 0 aromatic carbocycles. The molecule has 1 N–H and O–H groups in total. The number of nitrogens with zero attached hydrogens (tertiary/aromatic N) is 1. The first-order chi connectivity index (χ1) is 9.60. The molecule has 1 saturated heterocycles. The second kappa shape index (κ2) is 5.76. The van der Waals surface area contributed by atoms with Gasteiger partial charge in [0.1, 0.15) is 0 Å². The van der Waals surface area contributed by atoms with Gasteiger partial charge in [-0.3, -0.25) is 0 Å². The lowest BCUT2D eigenvalue weighted by Gasteiger charge is -2.35. The zero-order chi connectivity index (χ0) is 14.2. The molecule has 112 valence electrons. The molecule has 0 saturated carbocycles. The maximum absolute atomic E-state index is 5.00. The maximum atomic E-state index is 5.00. The third-order valence-electron chi connectivity index (χ3n) is 5.62. The van der Waals surface area contributed by atoms with E-state index in [1.807, 2.05) is 11.3 Å². The molecule has 1 aliphatic heterocycles. The van der Waals surface area contributed by atoms with Gasteiger partial charge < -0.3 is 5.32 Å². The summed E-state index contributed by atoms with van der Waals surface area (Å²) in [6.07, 6.45) is 7.73. The van der Waals surface area contributed by atoms with Crippen LogP contribution in [-0.4, -0.2) is 18.1 Å². The smallest absolute Gasteiger partial charge is 0.0974 e. The topological polar surface area (TPSA) is 24.9 Å². The van der Waals surface area contributed by atoms with Crippen LogP contribution in [0.1, 0.15) is 68.0 Å². The first kappa shape index (κ1) is 14.5. The molecule has 1 aromatic rings. The van der Waals surface area contributed by atoms with Crippen molar-refractivity contribution in [3.8, 4) is 0 Å². The van der Waals surface area contributed by atoms with Gasteiger partial charge in [-0.05, 0) is 50.0 Å². The van der Waals surface area contributed by atoms with E-state index in [9.17, 15) is 0 Å². The Balaban J connectivity index is 1.75. The van der Waals surface area contributed by atoms with Crippen molar-refractivity contribution in [2.24, 2.45) is 11.3 Å². The van der Waals surface area contributed by atoms with E-state index in [4.69, 9.17) is 4.98 Å². The van der Waals surface area contributed by atoms with E-state index in [0.29, 0.717) is 11.3 Å². The Morgan fingerprint density at radius 1 is 1.35 bits per heavy atom. The SMILES string of the molecule is CCC(C)(C)C1CCc2nc(C3CCCNC3)sc2C1. The van der Waals surface area contributed by atoms with Crippen LogP contribution in [0.3, 0.4) is 0 Å². The van der Waals surface area contributed by atoms with Crippen molar-refractivity contribution >= 4 is 11.3 Å². The number of aromatic nitrogens is 1. The lowest BCUT2D eigenvalue weighted by Crippen LogP contribution is -2.28. The summed E-state index contributed by atoms with van der Waals surface area (Å²) in [6.45, 7) is 9.54. The minimum Gasteiger partial charge on any atom is -0.316 e. The number of hydrogen-bond acceptors (Lipinski definition) is 3. The van der Waals surface area contributed by atoms with Gasteiger partial charge in [-0.25, -0.2) is 4.98 Å². The molecule has 2 heterocycles. The third kappa shape index (κ3) is 2.80. The largest absolute Gasteiger partial charge is 0.316 e. The van der Waals surface area contributed by atoms with Crippen LogP contribution in [0.15, 0.2) is 0 Å². The molecule has 3 rings (SSSR count). The standard InChI is InChI=1S/C17H28N2S/c1-4-17(2,3)13-7-8-14-15(10-13)20-16(19-14)12-6-5-9-18-11-12/h12-13,18H,4-11H2,1-3H3. The van der Waals surface area contributed by atoms with Gasteiger partial charge in [-0.2, -0.15) is 0 Å². The molecular weight excluding hydrogens is 264 g/mol. The van der Waals surface area contributed by atoms with Crippen molar-refractivity contribution < 1.29 is 0 Å². The molecule has 2 unspecified atom stereocenters. The molecule has 3 heteroatoms. The van der Waals surface area contributed by atoms with E-state index < -0.39 is 0 Å². The van der Waals surface area contributed by atoms with Crippen molar-refractivity contribution in [2.45, 2.75) is 65.2 Å². The molecule has 0 spiro atoms. The summed E-state index contributed by atoms with van der Waals surface area (Å²) in [5.41, 5.74) is 1.91. The summed E-state index contributed by atoms with van der Waals surface area (Å²) in [7, 11) is 0. The van der Waals surface area contributed by atoms with Crippen LogP contribution in [0.5, 0.6) is 0 Å². The average Bonchev–Trinajstić information content (AvgIpc) is 2.91. The summed E-state index contributed by atoms with van der Waals surface area (Å²) in [5.74, 6) is 1.52. The first-order valence-electron chi connectivity index (χ1n) is 8.29. The minimum atomic E-state index is 0.480. The fourth-order valence-electron chi connectivity index (χ4n) is 3.59. The van der Waals surface area contributed by atoms with Crippen LogP contribution < -0.4 is 5.32 Å². The third-order valence-corrected chi connectivity index (χ3v) is 6.90. The van der Waals surface area contributed by atoms with Crippen molar-refractivity contribution in [1.29, 1.82) is 0 Å². The molecule has 1 aromatic heterocycles. The summed E-state index contributed by atoms with van der Waals surface area (Å²) >= 11 is 2.02. The molecule has 0 amide bonds. The monoisotopic (exact) mass is 292 g/mol. The van der Waals surface area contributed by atoms with Gasteiger partial charge in [0.05, 0.1) is 10.7 Å². The van der Waals surface area contributed by atoms with Crippen LogP contribution in [0.25, 0.3) is 0 Å². The Labute approximate surface area is 127 Å². The lowest BCUT2D eigenvalue weighted by molar-refractivity contribution is 0.183. The van der Waals surface area contributed by atoms with Crippen LogP contribution in [0.4, 0.5) is 0 Å². The summed E-state index contributed by atoms with van der Waals surface area (Å²) < 4.78 is 0. The van der Waals surface area contributed by atoms with Gasteiger partial charge in [-0.15, -0.1) is 11.3 Å². The van der Waals surface area contributed by atoms with E-state index in [0.717, 1.165) is 12.5 Å². The molecule has 0 bridgehead atoms. The van der Waals surface area contributed by atoms with Crippen molar-refractivity contribution in [3.63, 3.8) is 0 Å². The first-order valence-corrected chi connectivity index (χ1v) is 9.11. The second-order valence-corrected chi connectivity index (χ2v) is 8.36. The molecule has 2 atom stereocenters. The normalized spacial score (nSPS) is 27.4. The highest BCUT2D eigenvalue weighted by Gasteiger charge is 2.33. The van der Waals surface area contributed by atoms with E-state index in [1.165, 1.54) is 55.8 Å². The zero-order valence-electron chi connectivity index (χ0n) is 13.2. The van der Waals surface area contributed by atoms with Gasteiger partial charge in [0.25, 0.3) is 0 Å². The number of nitrogens with one attached hydrogen (secondary N) is 1. The fraction of sp³-hybridized carbons (Fsp3) is 0.824. The molecule has 2 aliphatic rings. The van der Waals surface area contributed by atoms with Crippen molar-refractivity contribution in [3.05, 3.63) is 15.6 Å². The molecule has 1 fully saturated rings. The number of aryl methyl sites for hydroxylation is 1. The molecular formula is C17H28N2S. The molecule has 20 heavy (non-hydrogen) atoms. The maximum Gasteiger partial charge on any atom is 0.0974 e. The molecule has 1 aliphatic carbocycles. The van der Waals surface area contributed by atoms with Gasteiger partial charge in [0.15, 0.2) is 0 Å². The Kier molecular flexibility index (Phi) is 4.19. The van der Waals surface area contributed by atoms with Gasteiger partial charge in [0, 0.05) is 17.3 Å². The Morgan fingerprint density at radius 2 is 2.20 bits per heavy atom. The highest BCUT2D eigenvalue weighted by Crippen LogP contribution is 2.42. The zero-order valence-corrected chi connectivity index (χ0v) is 14.0. The van der Waals surface area contributed by atoms with E-state index >= 15 is 0 Å². The summed E-state index contributed by atoms with van der Waals surface area (Å²) in [4.78, 5) is 6.60. The van der Waals surface area contributed by atoms with Gasteiger partial charge in [-0.1, -0.05) is 27.2 Å². The lowest BCUT2D eigenvalue weighted by atomic mass is 9.70. The Bertz CT molecular complexity index is 458. The van der Waals surface area contributed by atoms with Gasteiger partial charge in [0.2, 0.25) is 0 Å². The predicted octanol–water partition coefficient (Wildman–Crippen LogP) is 4.15. The highest BCUT2D eigenvalue weighted by atomic mass is 32.1. The molecule has 2 nitrogen and oxygen atoms in total.